The fraction of sp³-hybridized carbons (Fsp3) is 0.286. The van der Waals surface area contributed by atoms with E-state index in [1.54, 1.807) is 24.5 Å². The molecule has 0 aliphatic carbocycles. The van der Waals surface area contributed by atoms with Crippen molar-refractivity contribution in [3.8, 4) is 0 Å². The molecule has 144 valence electrons. The van der Waals surface area contributed by atoms with Gasteiger partial charge in [-0.25, -0.2) is 9.38 Å². The number of carbonyl (C=O) groups excluding carboxylic acids is 1. The number of piperidine rings is 1. The average molecular weight is 379 g/mol. The lowest BCUT2D eigenvalue weighted by atomic mass is 10.1. The van der Waals surface area contributed by atoms with Crippen LogP contribution in [0, 0.1) is 5.82 Å². The Morgan fingerprint density at radius 3 is 2.86 bits per heavy atom. The van der Waals surface area contributed by atoms with Crippen molar-refractivity contribution < 1.29 is 9.18 Å². The summed E-state index contributed by atoms with van der Waals surface area (Å²) in [6.07, 6.45) is 7.53. The van der Waals surface area contributed by atoms with Crippen molar-refractivity contribution in [2.24, 2.45) is 10.7 Å². The van der Waals surface area contributed by atoms with E-state index in [2.05, 4.69) is 15.3 Å². The number of nitrogens with zero attached hydrogens (tertiary/aromatic N) is 3. The molecule has 2 aliphatic rings. The van der Waals surface area contributed by atoms with Gasteiger partial charge in [-0.05, 0) is 37.1 Å². The lowest BCUT2D eigenvalue weighted by molar-refractivity contribution is -0.110. The molecule has 3 N–H and O–H groups in total. The summed E-state index contributed by atoms with van der Waals surface area (Å²) in [6, 6.07) is 8.41. The van der Waals surface area contributed by atoms with Crippen molar-refractivity contribution >= 4 is 28.7 Å². The molecule has 1 aromatic heterocycles. The number of allylic oxidation sites excluding steroid dienone is 1. The van der Waals surface area contributed by atoms with Crippen LogP contribution in [0.15, 0.2) is 53.8 Å². The zero-order valence-electron chi connectivity index (χ0n) is 15.4. The smallest absolute Gasteiger partial charge is 0.270 e. The number of halogens is 1. The first-order chi connectivity index (χ1) is 13.6. The van der Waals surface area contributed by atoms with Crippen LogP contribution in [0.1, 0.15) is 24.8 Å². The molecule has 0 spiro atoms. The van der Waals surface area contributed by atoms with Crippen molar-refractivity contribution in [1.29, 1.82) is 0 Å². The van der Waals surface area contributed by atoms with Gasteiger partial charge in [-0.1, -0.05) is 12.1 Å². The number of nitrogens with two attached hydrogens (primary N) is 1. The van der Waals surface area contributed by atoms with Gasteiger partial charge in [0.15, 0.2) is 0 Å². The van der Waals surface area contributed by atoms with E-state index < -0.39 is 0 Å². The van der Waals surface area contributed by atoms with Crippen molar-refractivity contribution in [3.63, 3.8) is 0 Å². The number of hydrogen-bond acceptors (Lipinski definition) is 5. The molecule has 2 aliphatic heterocycles. The van der Waals surface area contributed by atoms with Gasteiger partial charge in [-0.2, -0.15) is 0 Å². The van der Waals surface area contributed by atoms with E-state index in [9.17, 15) is 9.18 Å². The Hall–Kier alpha value is -3.06. The Bertz CT molecular complexity index is 941. The second kappa shape index (κ2) is 7.90. The number of benzene rings is 1. The number of para-hydroxylation sites is 1. The summed E-state index contributed by atoms with van der Waals surface area (Å²) in [5.74, 6) is -0.690. The van der Waals surface area contributed by atoms with E-state index in [-0.39, 0.29) is 17.8 Å². The molecule has 1 aromatic carbocycles. The van der Waals surface area contributed by atoms with E-state index in [0.717, 1.165) is 24.1 Å². The maximum atomic E-state index is 14.6. The number of pyridine rings is 1. The Kier molecular flexibility index (Phi) is 5.16. The van der Waals surface area contributed by atoms with Gasteiger partial charge >= 0.3 is 0 Å². The van der Waals surface area contributed by atoms with Gasteiger partial charge in [0.05, 0.1) is 17.1 Å². The molecular weight excluding hydrogens is 357 g/mol. The zero-order valence-corrected chi connectivity index (χ0v) is 15.4. The van der Waals surface area contributed by atoms with Crippen LogP contribution >= 0.6 is 0 Å². The highest BCUT2D eigenvalue weighted by molar-refractivity contribution is 6.45. The van der Waals surface area contributed by atoms with Crippen LogP contribution in [0.5, 0.6) is 0 Å². The van der Waals surface area contributed by atoms with E-state index >= 15 is 0 Å². The van der Waals surface area contributed by atoms with Crippen LogP contribution in [0.3, 0.4) is 0 Å². The summed E-state index contributed by atoms with van der Waals surface area (Å²) in [7, 11) is 0. The van der Waals surface area contributed by atoms with Gasteiger partial charge in [0.1, 0.15) is 11.5 Å². The predicted molar refractivity (Wildman–Crippen MR) is 109 cm³/mol. The predicted octanol–water partition coefficient (Wildman–Crippen LogP) is 2.97. The highest BCUT2D eigenvalue weighted by Gasteiger charge is 2.24. The lowest BCUT2D eigenvalue weighted by Crippen LogP contribution is -2.43. The highest BCUT2D eigenvalue weighted by Crippen LogP contribution is 2.32. The Morgan fingerprint density at radius 1 is 1.25 bits per heavy atom. The largest absolute Gasteiger partial charge is 0.366 e. The molecule has 4 rings (SSSR count). The van der Waals surface area contributed by atoms with E-state index in [4.69, 9.17) is 5.73 Å². The van der Waals surface area contributed by atoms with Crippen molar-refractivity contribution in [3.05, 3.63) is 60.2 Å². The first kappa shape index (κ1) is 18.3. The minimum absolute atomic E-state index is 0.00300. The summed E-state index contributed by atoms with van der Waals surface area (Å²) < 4.78 is 14.6. The summed E-state index contributed by atoms with van der Waals surface area (Å²) in [5.41, 5.74) is 8.94. The molecule has 0 bridgehead atoms. The summed E-state index contributed by atoms with van der Waals surface area (Å²) in [4.78, 5) is 23.1. The molecule has 1 saturated heterocycles. The monoisotopic (exact) mass is 379 g/mol. The number of hydrogen-bond donors (Lipinski definition) is 2. The van der Waals surface area contributed by atoms with Gasteiger partial charge < -0.3 is 16.0 Å². The minimum atomic E-state index is -0.365. The van der Waals surface area contributed by atoms with Crippen LogP contribution < -0.4 is 16.0 Å². The second-order valence-corrected chi connectivity index (χ2v) is 7.03. The molecule has 0 saturated carbocycles. The third kappa shape index (κ3) is 3.80. The third-order valence-electron chi connectivity index (χ3n) is 4.99. The lowest BCUT2D eigenvalue weighted by Gasteiger charge is -2.34. The first-order valence-electron chi connectivity index (χ1n) is 9.40. The molecule has 1 atom stereocenters. The highest BCUT2D eigenvalue weighted by atomic mass is 19.1. The van der Waals surface area contributed by atoms with Gasteiger partial charge in [0, 0.05) is 43.5 Å². The quantitative estimate of drug-likeness (QED) is 0.855. The number of aliphatic imine (C=N–C) groups is 1. The Balaban J connectivity index is 1.54. The van der Waals surface area contributed by atoms with Gasteiger partial charge in [-0.3, -0.25) is 9.78 Å². The van der Waals surface area contributed by atoms with Crippen molar-refractivity contribution in [2.45, 2.75) is 25.3 Å². The number of anilines is 2. The fourth-order valence-corrected chi connectivity index (χ4v) is 3.62. The van der Waals surface area contributed by atoms with Crippen LogP contribution in [0.25, 0.3) is 5.70 Å². The molecule has 1 fully saturated rings. The molecule has 2 aromatic rings. The summed E-state index contributed by atoms with van der Waals surface area (Å²) in [6.45, 7) is 1.28. The van der Waals surface area contributed by atoms with Crippen LogP contribution in [-0.4, -0.2) is 35.7 Å². The third-order valence-corrected chi connectivity index (χ3v) is 4.99. The molecule has 6 nitrogen and oxygen atoms in total. The van der Waals surface area contributed by atoms with E-state index in [1.807, 2.05) is 23.1 Å². The molecular formula is C21H22FN5O. The number of amides is 1. The molecule has 3 heterocycles. The van der Waals surface area contributed by atoms with E-state index in [1.165, 1.54) is 6.07 Å². The summed E-state index contributed by atoms with van der Waals surface area (Å²) >= 11 is 0. The molecule has 28 heavy (non-hydrogen) atoms. The van der Waals surface area contributed by atoms with Crippen molar-refractivity contribution in [2.75, 3.05) is 23.3 Å². The zero-order chi connectivity index (χ0) is 19.5. The standard InChI is InChI=1S/C21H22FN5O/c22-16-4-1-5-18(20(16)27-12-2-3-15(23)13-27)26-21(28)19-7-6-17(25-19)14-8-10-24-11-9-14/h1,4-6,8-11,15H,2-3,7,12-13,23H2,(H,26,28)/t15-/m1/s1. The SMILES string of the molecule is N[C@@H]1CCCN(c2c(F)cccc2NC(=O)C2=NC(c3ccncc3)=CC2)C1. The Morgan fingerprint density at radius 2 is 2.07 bits per heavy atom. The maximum Gasteiger partial charge on any atom is 0.270 e. The summed E-state index contributed by atoms with van der Waals surface area (Å²) in [5, 5.41) is 2.84. The van der Waals surface area contributed by atoms with Gasteiger partial charge in [-0.15, -0.1) is 0 Å². The first-order valence-corrected chi connectivity index (χ1v) is 9.40. The minimum Gasteiger partial charge on any atom is -0.366 e. The number of carbonyl (C=O) groups is 1. The molecule has 7 heteroatoms. The van der Waals surface area contributed by atoms with Crippen LogP contribution in [0.2, 0.25) is 0 Å². The molecule has 0 unspecified atom stereocenters. The molecule has 1 amide bonds. The van der Waals surface area contributed by atoms with Gasteiger partial charge in [0.25, 0.3) is 5.91 Å². The number of rotatable bonds is 4. The number of nitrogens with one attached hydrogen (secondary N) is 1. The second-order valence-electron chi connectivity index (χ2n) is 7.03. The molecule has 0 radical (unpaired) electrons. The maximum absolute atomic E-state index is 14.6. The average Bonchev–Trinajstić information content (AvgIpc) is 3.19. The Labute approximate surface area is 163 Å². The van der Waals surface area contributed by atoms with Crippen LogP contribution in [0.4, 0.5) is 15.8 Å². The topological polar surface area (TPSA) is 83.6 Å². The normalized spacial score (nSPS) is 19.2. The van der Waals surface area contributed by atoms with E-state index in [0.29, 0.717) is 36.6 Å². The number of aromatic nitrogens is 1. The van der Waals surface area contributed by atoms with Crippen LogP contribution in [-0.2, 0) is 4.79 Å². The van der Waals surface area contributed by atoms with Gasteiger partial charge in [0.2, 0.25) is 0 Å². The van der Waals surface area contributed by atoms with Crippen molar-refractivity contribution in [1.82, 2.24) is 4.98 Å². The fourth-order valence-electron chi connectivity index (χ4n) is 3.62.